The Bertz CT molecular complexity index is 1500. The fraction of sp³-hybridized carbons (Fsp3) is 0.308. The number of fused-ring (bicyclic) bond motifs is 1. The predicted molar refractivity (Wildman–Crippen MR) is 140 cm³/mol. The number of rotatable bonds is 7. The first-order valence-corrected chi connectivity index (χ1v) is 12.5. The Hall–Kier alpha value is -3.59. The largest absolute Gasteiger partial charge is 0.353 e. The first-order chi connectivity index (χ1) is 16.7. The van der Waals surface area contributed by atoms with Crippen molar-refractivity contribution in [3.8, 4) is 11.4 Å². The Morgan fingerprint density at radius 1 is 1.00 bits per heavy atom. The van der Waals surface area contributed by atoms with E-state index in [-0.39, 0.29) is 34.5 Å². The molecule has 182 valence electrons. The highest BCUT2D eigenvalue weighted by Gasteiger charge is 2.24. The first kappa shape index (κ1) is 24.5. The standard InChI is InChI=1S/C26H29N5O3S/c1-16(2)17(3)27-22(32)15-35-26-28-21-14-10-9-13-20(21)24(33)30(26)23-18(4)29(5)31(25(23)34)19-11-7-6-8-12-19/h6-14,16-17H,15H2,1-5H3,(H,27,32)/t17-/m1/s1. The minimum atomic E-state index is -0.347. The Morgan fingerprint density at radius 3 is 2.34 bits per heavy atom. The Balaban J connectivity index is 1.87. The van der Waals surface area contributed by atoms with Crippen LogP contribution in [0.1, 0.15) is 26.5 Å². The maximum Gasteiger partial charge on any atom is 0.296 e. The van der Waals surface area contributed by atoms with Crippen LogP contribution in [0.4, 0.5) is 0 Å². The highest BCUT2D eigenvalue weighted by molar-refractivity contribution is 7.99. The number of amides is 1. The van der Waals surface area contributed by atoms with Crippen molar-refractivity contribution in [1.29, 1.82) is 0 Å². The first-order valence-electron chi connectivity index (χ1n) is 11.5. The molecule has 8 nitrogen and oxygen atoms in total. The molecule has 2 aromatic carbocycles. The lowest BCUT2D eigenvalue weighted by Gasteiger charge is -2.17. The van der Waals surface area contributed by atoms with Crippen molar-refractivity contribution in [2.24, 2.45) is 13.0 Å². The van der Waals surface area contributed by atoms with E-state index in [1.165, 1.54) is 9.25 Å². The normalized spacial score (nSPS) is 12.3. The Morgan fingerprint density at radius 2 is 1.66 bits per heavy atom. The number of carbonyl (C=O) groups is 1. The molecular formula is C26H29N5O3S. The van der Waals surface area contributed by atoms with E-state index in [0.29, 0.717) is 33.4 Å². The number of benzene rings is 2. The lowest BCUT2D eigenvalue weighted by molar-refractivity contribution is -0.119. The fourth-order valence-corrected chi connectivity index (χ4v) is 4.62. The van der Waals surface area contributed by atoms with Gasteiger partial charge in [-0.05, 0) is 44.0 Å². The van der Waals surface area contributed by atoms with Crippen molar-refractivity contribution in [2.75, 3.05) is 5.75 Å². The number of hydrogen-bond acceptors (Lipinski definition) is 5. The van der Waals surface area contributed by atoms with Crippen molar-refractivity contribution < 1.29 is 4.79 Å². The molecule has 0 aliphatic carbocycles. The fourth-order valence-electron chi connectivity index (χ4n) is 3.81. The molecular weight excluding hydrogens is 462 g/mol. The van der Waals surface area contributed by atoms with E-state index in [4.69, 9.17) is 0 Å². The lowest BCUT2D eigenvalue weighted by atomic mass is 10.1. The van der Waals surface area contributed by atoms with Gasteiger partial charge in [0.15, 0.2) is 5.16 Å². The maximum atomic E-state index is 13.7. The number of aromatic nitrogens is 4. The summed E-state index contributed by atoms with van der Waals surface area (Å²) in [6, 6.07) is 16.3. The minimum absolute atomic E-state index is 0.0179. The maximum absolute atomic E-state index is 13.7. The molecule has 1 amide bonds. The third kappa shape index (κ3) is 4.68. The molecule has 1 N–H and O–H groups in total. The average molecular weight is 492 g/mol. The average Bonchev–Trinajstić information content (AvgIpc) is 3.06. The second-order valence-corrected chi connectivity index (χ2v) is 9.79. The third-order valence-corrected chi connectivity index (χ3v) is 7.15. The molecule has 0 radical (unpaired) electrons. The summed E-state index contributed by atoms with van der Waals surface area (Å²) < 4.78 is 4.60. The summed E-state index contributed by atoms with van der Waals surface area (Å²) >= 11 is 1.14. The highest BCUT2D eigenvalue weighted by atomic mass is 32.2. The second kappa shape index (κ2) is 9.95. The number of thioether (sulfide) groups is 1. The molecule has 35 heavy (non-hydrogen) atoms. The van der Waals surface area contributed by atoms with E-state index in [1.54, 1.807) is 42.9 Å². The number of nitrogens with one attached hydrogen (secondary N) is 1. The van der Waals surface area contributed by atoms with Crippen molar-refractivity contribution in [1.82, 2.24) is 24.2 Å². The molecule has 9 heteroatoms. The van der Waals surface area contributed by atoms with Crippen LogP contribution in [-0.2, 0) is 11.8 Å². The zero-order chi connectivity index (χ0) is 25.3. The van der Waals surface area contributed by atoms with E-state index in [0.717, 1.165) is 11.8 Å². The van der Waals surface area contributed by atoms with Crippen LogP contribution in [-0.4, -0.2) is 36.6 Å². The van der Waals surface area contributed by atoms with E-state index < -0.39 is 0 Å². The Labute approximate surface area is 207 Å². The van der Waals surface area contributed by atoms with E-state index in [9.17, 15) is 14.4 Å². The topological polar surface area (TPSA) is 90.9 Å². The molecule has 0 bridgehead atoms. The molecule has 0 spiro atoms. The molecule has 0 unspecified atom stereocenters. The smallest absolute Gasteiger partial charge is 0.296 e. The van der Waals surface area contributed by atoms with Crippen LogP contribution in [0.3, 0.4) is 0 Å². The SMILES string of the molecule is Cc1c(-n2c(SCC(=O)N[C@H](C)C(C)C)nc3ccccc3c2=O)c(=O)n(-c2ccccc2)n1C. The second-order valence-electron chi connectivity index (χ2n) is 8.85. The van der Waals surface area contributed by atoms with Crippen molar-refractivity contribution in [2.45, 2.75) is 38.9 Å². The third-order valence-electron chi connectivity index (χ3n) is 6.21. The summed E-state index contributed by atoms with van der Waals surface area (Å²) in [6.45, 7) is 7.83. The van der Waals surface area contributed by atoms with Crippen molar-refractivity contribution in [3.05, 3.63) is 81.0 Å². The zero-order valence-electron chi connectivity index (χ0n) is 20.5. The van der Waals surface area contributed by atoms with Gasteiger partial charge in [0.05, 0.1) is 28.0 Å². The number of nitrogens with zero attached hydrogens (tertiary/aromatic N) is 4. The molecule has 0 aliphatic heterocycles. The monoisotopic (exact) mass is 491 g/mol. The van der Waals surface area contributed by atoms with Gasteiger partial charge in [0, 0.05) is 13.1 Å². The predicted octanol–water partition coefficient (Wildman–Crippen LogP) is 3.44. The van der Waals surface area contributed by atoms with Crippen molar-refractivity contribution in [3.63, 3.8) is 0 Å². The van der Waals surface area contributed by atoms with Crippen LogP contribution in [0.25, 0.3) is 22.3 Å². The van der Waals surface area contributed by atoms with Gasteiger partial charge in [-0.2, -0.15) is 0 Å². The van der Waals surface area contributed by atoms with Gasteiger partial charge in [-0.25, -0.2) is 14.2 Å². The molecule has 0 saturated heterocycles. The summed E-state index contributed by atoms with van der Waals surface area (Å²) in [5.74, 6) is 0.210. The quantitative estimate of drug-likeness (QED) is 0.316. The number of para-hydroxylation sites is 2. The van der Waals surface area contributed by atoms with Gasteiger partial charge in [0.1, 0.15) is 5.69 Å². The van der Waals surface area contributed by atoms with Crippen LogP contribution in [0, 0.1) is 12.8 Å². The summed E-state index contributed by atoms with van der Waals surface area (Å²) in [5.41, 5.74) is 1.35. The van der Waals surface area contributed by atoms with Gasteiger partial charge < -0.3 is 5.32 Å². The molecule has 1 atom stereocenters. The highest BCUT2D eigenvalue weighted by Crippen LogP contribution is 2.22. The van der Waals surface area contributed by atoms with Gasteiger partial charge in [0.25, 0.3) is 11.1 Å². The molecule has 0 fully saturated rings. The van der Waals surface area contributed by atoms with Crippen LogP contribution in [0.5, 0.6) is 0 Å². The van der Waals surface area contributed by atoms with Gasteiger partial charge in [-0.15, -0.1) is 0 Å². The molecule has 2 heterocycles. The van der Waals surface area contributed by atoms with Gasteiger partial charge in [-0.1, -0.05) is 55.9 Å². The van der Waals surface area contributed by atoms with E-state index >= 15 is 0 Å². The molecule has 0 aliphatic rings. The lowest BCUT2D eigenvalue weighted by Crippen LogP contribution is -2.37. The van der Waals surface area contributed by atoms with E-state index in [1.807, 2.05) is 51.1 Å². The molecule has 0 saturated carbocycles. The van der Waals surface area contributed by atoms with Gasteiger partial charge in [0.2, 0.25) is 5.91 Å². The van der Waals surface area contributed by atoms with Crippen LogP contribution in [0.15, 0.2) is 69.3 Å². The number of carbonyl (C=O) groups excluding carboxylic acids is 1. The molecule has 4 aromatic rings. The van der Waals surface area contributed by atoms with Gasteiger partial charge in [-0.3, -0.25) is 19.1 Å². The van der Waals surface area contributed by atoms with E-state index in [2.05, 4.69) is 10.3 Å². The van der Waals surface area contributed by atoms with Crippen molar-refractivity contribution >= 4 is 28.6 Å². The van der Waals surface area contributed by atoms with Crippen LogP contribution < -0.4 is 16.4 Å². The van der Waals surface area contributed by atoms with Crippen LogP contribution in [0.2, 0.25) is 0 Å². The molecule has 2 aromatic heterocycles. The minimum Gasteiger partial charge on any atom is -0.353 e. The zero-order valence-corrected chi connectivity index (χ0v) is 21.3. The summed E-state index contributed by atoms with van der Waals surface area (Å²) in [5, 5.41) is 3.68. The molecule has 4 rings (SSSR count). The van der Waals surface area contributed by atoms with Gasteiger partial charge >= 0.3 is 0 Å². The Kier molecular flexibility index (Phi) is 6.98. The van der Waals surface area contributed by atoms with Crippen LogP contribution >= 0.6 is 11.8 Å². The number of hydrogen-bond donors (Lipinski definition) is 1. The summed E-state index contributed by atoms with van der Waals surface area (Å²) in [7, 11) is 1.78. The summed E-state index contributed by atoms with van der Waals surface area (Å²) in [6.07, 6.45) is 0. The summed E-state index contributed by atoms with van der Waals surface area (Å²) in [4.78, 5) is 44.6.